The number of nitrogens with zero attached hydrogens (tertiary/aromatic N) is 3. The van der Waals surface area contributed by atoms with Gasteiger partial charge in [0.1, 0.15) is 10.4 Å². The van der Waals surface area contributed by atoms with E-state index in [4.69, 9.17) is 4.74 Å². The van der Waals surface area contributed by atoms with E-state index >= 15 is 0 Å². The van der Waals surface area contributed by atoms with Crippen LogP contribution in [-0.4, -0.2) is 35.3 Å². The van der Waals surface area contributed by atoms with Crippen molar-refractivity contribution in [1.29, 1.82) is 0 Å². The molecule has 0 amide bonds. The summed E-state index contributed by atoms with van der Waals surface area (Å²) in [7, 11) is 0. The van der Waals surface area contributed by atoms with Gasteiger partial charge in [0.15, 0.2) is 0 Å². The van der Waals surface area contributed by atoms with Crippen molar-refractivity contribution in [3.63, 3.8) is 0 Å². The SMILES string of the molecule is C[C@@H]1CN(c2cncc(Br)n2)C[C@H](C)O1. The fraction of sp³-hybridized carbons (Fsp3) is 0.600. The van der Waals surface area contributed by atoms with E-state index in [9.17, 15) is 0 Å². The second kappa shape index (κ2) is 4.45. The molecule has 0 aromatic carbocycles. The van der Waals surface area contributed by atoms with Crippen LogP contribution in [0.2, 0.25) is 0 Å². The summed E-state index contributed by atoms with van der Waals surface area (Å²) in [4.78, 5) is 10.7. The first kappa shape index (κ1) is 10.8. The second-order valence-corrected chi connectivity index (χ2v) is 4.67. The highest BCUT2D eigenvalue weighted by molar-refractivity contribution is 9.10. The Kier molecular flexibility index (Phi) is 3.21. The summed E-state index contributed by atoms with van der Waals surface area (Å²) in [6, 6.07) is 0. The number of anilines is 1. The molecular formula is C10H14BrN3O. The van der Waals surface area contributed by atoms with Gasteiger partial charge in [0, 0.05) is 13.1 Å². The summed E-state index contributed by atoms with van der Waals surface area (Å²) in [5.74, 6) is 0.909. The zero-order valence-electron chi connectivity index (χ0n) is 8.85. The Balaban J connectivity index is 2.16. The third-order valence-electron chi connectivity index (χ3n) is 2.34. The molecule has 5 heteroatoms. The van der Waals surface area contributed by atoms with Crippen LogP contribution in [0.25, 0.3) is 0 Å². The molecule has 1 aliphatic heterocycles. The molecule has 2 heterocycles. The van der Waals surface area contributed by atoms with Crippen molar-refractivity contribution in [2.75, 3.05) is 18.0 Å². The lowest BCUT2D eigenvalue weighted by molar-refractivity contribution is -0.00548. The normalized spacial score (nSPS) is 26.7. The van der Waals surface area contributed by atoms with Gasteiger partial charge in [-0.3, -0.25) is 4.98 Å². The van der Waals surface area contributed by atoms with E-state index in [0.29, 0.717) is 0 Å². The number of hydrogen-bond acceptors (Lipinski definition) is 4. The van der Waals surface area contributed by atoms with Crippen molar-refractivity contribution in [3.05, 3.63) is 17.0 Å². The van der Waals surface area contributed by atoms with Gasteiger partial charge in [-0.15, -0.1) is 0 Å². The maximum Gasteiger partial charge on any atom is 0.148 e. The first-order valence-corrected chi connectivity index (χ1v) is 5.82. The van der Waals surface area contributed by atoms with Gasteiger partial charge >= 0.3 is 0 Å². The predicted molar refractivity (Wildman–Crippen MR) is 62.0 cm³/mol. The molecule has 82 valence electrons. The monoisotopic (exact) mass is 271 g/mol. The molecule has 2 rings (SSSR count). The molecule has 0 spiro atoms. The van der Waals surface area contributed by atoms with Crippen molar-refractivity contribution >= 4 is 21.7 Å². The number of hydrogen-bond donors (Lipinski definition) is 0. The average molecular weight is 272 g/mol. The number of morpholine rings is 1. The van der Waals surface area contributed by atoms with E-state index in [1.165, 1.54) is 0 Å². The molecule has 0 radical (unpaired) electrons. The predicted octanol–water partition coefficient (Wildman–Crippen LogP) is 1.85. The quantitative estimate of drug-likeness (QED) is 0.782. The molecule has 1 aromatic rings. The molecule has 0 bridgehead atoms. The fourth-order valence-corrected chi connectivity index (χ4v) is 2.15. The number of halogens is 1. The maximum absolute atomic E-state index is 5.67. The topological polar surface area (TPSA) is 38.2 Å². The first-order valence-electron chi connectivity index (χ1n) is 5.03. The van der Waals surface area contributed by atoms with Crippen LogP contribution in [-0.2, 0) is 4.74 Å². The van der Waals surface area contributed by atoms with Crippen LogP contribution in [0.4, 0.5) is 5.82 Å². The second-order valence-electron chi connectivity index (χ2n) is 3.86. The van der Waals surface area contributed by atoms with E-state index in [2.05, 4.69) is 44.6 Å². The maximum atomic E-state index is 5.67. The van der Waals surface area contributed by atoms with E-state index in [0.717, 1.165) is 23.5 Å². The summed E-state index contributed by atoms with van der Waals surface area (Å²) in [5.41, 5.74) is 0. The fourth-order valence-electron chi connectivity index (χ4n) is 1.85. The average Bonchev–Trinajstić information content (AvgIpc) is 2.16. The van der Waals surface area contributed by atoms with Gasteiger partial charge in [0.05, 0.1) is 24.6 Å². The van der Waals surface area contributed by atoms with Gasteiger partial charge in [0.2, 0.25) is 0 Å². The molecule has 0 unspecified atom stereocenters. The molecule has 0 N–H and O–H groups in total. The standard InChI is InChI=1S/C10H14BrN3O/c1-7-5-14(6-8(2)15-7)10-4-12-3-9(11)13-10/h3-4,7-8H,5-6H2,1-2H3/t7-,8+. The van der Waals surface area contributed by atoms with Gasteiger partial charge in [-0.05, 0) is 29.8 Å². The molecule has 4 nitrogen and oxygen atoms in total. The summed E-state index contributed by atoms with van der Waals surface area (Å²) < 4.78 is 6.44. The largest absolute Gasteiger partial charge is 0.372 e. The minimum Gasteiger partial charge on any atom is -0.372 e. The Hall–Kier alpha value is -0.680. The smallest absolute Gasteiger partial charge is 0.148 e. The third-order valence-corrected chi connectivity index (χ3v) is 2.72. The summed E-state index contributed by atoms with van der Waals surface area (Å²) in [6.45, 7) is 5.90. The Morgan fingerprint density at radius 1 is 1.33 bits per heavy atom. The van der Waals surface area contributed by atoms with E-state index < -0.39 is 0 Å². The minimum absolute atomic E-state index is 0.245. The number of rotatable bonds is 1. The molecule has 15 heavy (non-hydrogen) atoms. The van der Waals surface area contributed by atoms with Crippen LogP contribution in [0.15, 0.2) is 17.0 Å². The summed E-state index contributed by atoms with van der Waals surface area (Å²) in [5, 5.41) is 0. The van der Waals surface area contributed by atoms with Crippen LogP contribution < -0.4 is 4.90 Å². The van der Waals surface area contributed by atoms with Crippen molar-refractivity contribution in [1.82, 2.24) is 9.97 Å². The molecule has 0 saturated carbocycles. The van der Waals surface area contributed by atoms with Gasteiger partial charge in [-0.1, -0.05) is 0 Å². The Labute approximate surface area is 97.8 Å². The van der Waals surface area contributed by atoms with E-state index in [1.807, 2.05) is 0 Å². The third kappa shape index (κ3) is 2.66. The summed E-state index contributed by atoms with van der Waals surface area (Å²) in [6.07, 6.45) is 3.97. The molecule has 1 aliphatic rings. The van der Waals surface area contributed by atoms with Crippen LogP contribution in [0.3, 0.4) is 0 Å². The lowest BCUT2D eigenvalue weighted by atomic mass is 10.2. The van der Waals surface area contributed by atoms with Crippen LogP contribution in [0, 0.1) is 0 Å². The number of ether oxygens (including phenoxy) is 1. The summed E-state index contributed by atoms with van der Waals surface area (Å²) >= 11 is 3.33. The van der Waals surface area contributed by atoms with Crippen molar-refractivity contribution in [2.24, 2.45) is 0 Å². The molecule has 1 aromatic heterocycles. The van der Waals surface area contributed by atoms with E-state index in [-0.39, 0.29) is 12.2 Å². The highest BCUT2D eigenvalue weighted by atomic mass is 79.9. The van der Waals surface area contributed by atoms with Crippen LogP contribution >= 0.6 is 15.9 Å². The molecule has 2 atom stereocenters. The molecule has 0 aliphatic carbocycles. The zero-order valence-corrected chi connectivity index (χ0v) is 10.4. The van der Waals surface area contributed by atoms with Gasteiger partial charge in [-0.25, -0.2) is 4.98 Å². The number of aromatic nitrogens is 2. The van der Waals surface area contributed by atoms with Crippen LogP contribution in [0.1, 0.15) is 13.8 Å². The molecular weight excluding hydrogens is 258 g/mol. The van der Waals surface area contributed by atoms with Crippen molar-refractivity contribution < 1.29 is 4.74 Å². The highest BCUT2D eigenvalue weighted by Gasteiger charge is 2.23. The van der Waals surface area contributed by atoms with Gasteiger partial charge in [-0.2, -0.15) is 0 Å². The molecule has 1 saturated heterocycles. The van der Waals surface area contributed by atoms with Crippen LogP contribution in [0.5, 0.6) is 0 Å². The Morgan fingerprint density at radius 3 is 2.60 bits per heavy atom. The van der Waals surface area contributed by atoms with Crippen molar-refractivity contribution in [3.8, 4) is 0 Å². The van der Waals surface area contributed by atoms with Crippen molar-refractivity contribution in [2.45, 2.75) is 26.1 Å². The minimum atomic E-state index is 0.245. The van der Waals surface area contributed by atoms with Gasteiger partial charge < -0.3 is 9.64 Å². The molecule has 1 fully saturated rings. The first-order chi connectivity index (χ1) is 7.15. The lowest BCUT2D eigenvalue weighted by Gasteiger charge is -2.35. The Bertz CT molecular complexity index is 337. The highest BCUT2D eigenvalue weighted by Crippen LogP contribution is 2.18. The Morgan fingerprint density at radius 2 is 2.00 bits per heavy atom. The van der Waals surface area contributed by atoms with Gasteiger partial charge in [0.25, 0.3) is 0 Å². The van der Waals surface area contributed by atoms with E-state index in [1.54, 1.807) is 12.4 Å². The lowest BCUT2D eigenvalue weighted by Crippen LogP contribution is -2.45. The zero-order chi connectivity index (χ0) is 10.8.